The molecule has 2 rings (SSSR count). The van der Waals surface area contributed by atoms with Gasteiger partial charge in [0.2, 0.25) is 0 Å². The van der Waals surface area contributed by atoms with Gasteiger partial charge in [0.15, 0.2) is 0 Å². The highest BCUT2D eigenvalue weighted by molar-refractivity contribution is 9.09. The molecule has 0 nitrogen and oxygen atoms in total. The fraction of sp³-hybridized carbons (Fsp3) is 0.375. The number of benzene rings is 1. The number of thiophene rings is 1. The van der Waals surface area contributed by atoms with Crippen molar-refractivity contribution in [3.63, 3.8) is 0 Å². The van der Waals surface area contributed by atoms with Crippen LogP contribution in [0.15, 0.2) is 35.0 Å². The highest BCUT2D eigenvalue weighted by Crippen LogP contribution is 2.35. The Balaban J connectivity index is 2.22. The molecule has 2 unspecified atom stereocenters. The zero-order valence-electron chi connectivity index (χ0n) is 11.1. The van der Waals surface area contributed by atoms with Crippen LogP contribution in [-0.2, 0) is 0 Å². The van der Waals surface area contributed by atoms with Gasteiger partial charge in [0.25, 0.3) is 0 Å². The predicted molar refractivity (Wildman–Crippen MR) is 85.0 cm³/mol. The number of alkyl halides is 1. The van der Waals surface area contributed by atoms with E-state index in [9.17, 15) is 0 Å². The van der Waals surface area contributed by atoms with Crippen LogP contribution in [0.4, 0.5) is 0 Å². The molecule has 2 aromatic rings. The van der Waals surface area contributed by atoms with Gasteiger partial charge in [-0.3, -0.25) is 0 Å². The van der Waals surface area contributed by atoms with Gasteiger partial charge < -0.3 is 0 Å². The van der Waals surface area contributed by atoms with E-state index < -0.39 is 0 Å². The van der Waals surface area contributed by atoms with Crippen molar-refractivity contribution < 1.29 is 0 Å². The van der Waals surface area contributed by atoms with E-state index in [1.165, 1.54) is 28.7 Å². The topological polar surface area (TPSA) is 0 Å². The molecule has 0 radical (unpaired) electrons. The zero-order chi connectivity index (χ0) is 13.1. The summed E-state index contributed by atoms with van der Waals surface area (Å²) >= 11 is 5.58. The number of hydrogen-bond donors (Lipinski definition) is 0. The second kappa shape index (κ2) is 6.03. The third kappa shape index (κ3) is 2.86. The summed E-state index contributed by atoms with van der Waals surface area (Å²) in [5, 5.41) is 4.44. The molecule has 0 amide bonds. The number of halogens is 1. The number of aryl methyl sites for hydroxylation is 1. The molecule has 1 aromatic carbocycles. The second-order valence-corrected chi connectivity index (χ2v) is 6.51. The van der Waals surface area contributed by atoms with Crippen LogP contribution in [0, 0.1) is 6.92 Å². The Labute approximate surface area is 122 Å². The molecule has 0 aliphatic carbocycles. The largest absolute Gasteiger partial charge is 0.152 e. The van der Waals surface area contributed by atoms with Crippen LogP contribution in [0.1, 0.15) is 53.3 Å². The monoisotopic (exact) mass is 322 g/mol. The van der Waals surface area contributed by atoms with Crippen molar-refractivity contribution in [2.75, 3.05) is 0 Å². The van der Waals surface area contributed by atoms with Crippen molar-refractivity contribution in [2.24, 2.45) is 0 Å². The molecule has 0 spiro atoms. The zero-order valence-corrected chi connectivity index (χ0v) is 13.5. The normalized spacial score (nSPS) is 14.4. The van der Waals surface area contributed by atoms with E-state index in [0.717, 1.165) is 0 Å². The van der Waals surface area contributed by atoms with Crippen molar-refractivity contribution in [3.05, 3.63) is 57.3 Å². The van der Waals surface area contributed by atoms with Crippen molar-refractivity contribution in [3.8, 4) is 0 Å². The lowest BCUT2D eigenvalue weighted by atomic mass is 9.96. The Bertz CT molecular complexity index is 498. The second-order valence-electron chi connectivity index (χ2n) is 4.85. The maximum Gasteiger partial charge on any atom is 0.0655 e. The summed E-state index contributed by atoms with van der Waals surface area (Å²) in [4.78, 5) is 0.315. The molecule has 0 saturated heterocycles. The lowest BCUT2D eigenvalue weighted by molar-refractivity contribution is 0.733. The molecule has 2 atom stereocenters. The average Bonchev–Trinajstić information content (AvgIpc) is 2.83. The van der Waals surface area contributed by atoms with Crippen LogP contribution in [0.3, 0.4) is 0 Å². The van der Waals surface area contributed by atoms with Gasteiger partial charge >= 0.3 is 0 Å². The van der Waals surface area contributed by atoms with Gasteiger partial charge in [-0.2, -0.15) is 11.3 Å². The van der Waals surface area contributed by atoms with Crippen molar-refractivity contribution in [2.45, 2.75) is 37.9 Å². The van der Waals surface area contributed by atoms with Gasteiger partial charge in [-0.25, -0.2) is 0 Å². The number of rotatable bonds is 4. The van der Waals surface area contributed by atoms with Gasteiger partial charge in [-0.1, -0.05) is 54.0 Å². The molecule has 0 N–H and O–H groups in total. The van der Waals surface area contributed by atoms with E-state index in [-0.39, 0.29) is 0 Å². The molecule has 0 bridgehead atoms. The summed E-state index contributed by atoms with van der Waals surface area (Å²) in [6.45, 7) is 6.69. The quantitative estimate of drug-likeness (QED) is 0.600. The smallest absolute Gasteiger partial charge is 0.0655 e. The van der Waals surface area contributed by atoms with Gasteiger partial charge in [-0.05, 0) is 52.3 Å². The van der Waals surface area contributed by atoms with Gasteiger partial charge in [-0.15, -0.1) is 0 Å². The lowest BCUT2D eigenvalue weighted by Gasteiger charge is -2.13. The van der Waals surface area contributed by atoms with Gasteiger partial charge in [0.1, 0.15) is 0 Å². The maximum absolute atomic E-state index is 3.81. The van der Waals surface area contributed by atoms with E-state index >= 15 is 0 Å². The van der Waals surface area contributed by atoms with E-state index in [1.807, 2.05) is 0 Å². The molecule has 96 valence electrons. The third-order valence-electron chi connectivity index (χ3n) is 3.58. The Morgan fingerprint density at radius 3 is 2.22 bits per heavy atom. The molecular formula is C16H19BrS. The summed E-state index contributed by atoms with van der Waals surface area (Å²) in [6, 6.07) is 9.02. The minimum atomic E-state index is 0.315. The minimum Gasteiger partial charge on any atom is -0.152 e. The minimum absolute atomic E-state index is 0.315. The first kappa shape index (κ1) is 13.8. The Morgan fingerprint density at radius 2 is 1.72 bits per heavy atom. The summed E-state index contributed by atoms with van der Waals surface area (Å²) in [6.07, 6.45) is 1.20. The molecule has 0 saturated carbocycles. The third-order valence-corrected chi connectivity index (χ3v) is 5.48. The van der Waals surface area contributed by atoms with E-state index in [2.05, 4.69) is 71.7 Å². The molecule has 0 aliphatic rings. The van der Waals surface area contributed by atoms with Crippen molar-refractivity contribution in [1.29, 1.82) is 0 Å². The molecule has 0 aliphatic heterocycles. The van der Waals surface area contributed by atoms with Crippen molar-refractivity contribution in [1.82, 2.24) is 0 Å². The molecule has 18 heavy (non-hydrogen) atoms. The highest BCUT2D eigenvalue weighted by atomic mass is 79.9. The lowest BCUT2D eigenvalue weighted by Crippen LogP contribution is -1.95. The molecular weight excluding hydrogens is 304 g/mol. The van der Waals surface area contributed by atoms with Crippen LogP contribution in [0.5, 0.6) is 0 Å². The SMILES string of the molecule is CCC(C)c1ccc(C(Br)c2cscc2C)cc1. The molecule has 2 heteroatoms. The first-order chi connectivity index (χ1) is 8.63. The summed E-state index contributed by atoms with van der Waals surface area (Å²) in [5.41, 5.74) is 5.52. The molecule has 1 heterocycles. The van der Waals surface area contributed by atoms with Crippen LogP contribution in [-0.4, -0.2) is 0 Å². The summed E-state index contributed by atoms with van der Waals surface area (Å²) < 4.78 is 0. The molecule has 1 aromatic heterocycles. The maximum atomic E-state index is 3.81. The first-order valence-corrected chi connectivity index (χ1v) is 8.26. The Morgan fingerprint density at radius 1 is 1.11 bits per heavy atom. The fourth-order valence-corrected chi connectivity index (χ4v) is 3.89. The van der Waals surface area contributed by atoms with Crippen LogP contribution < -0.4 is 0 Å². The van der Waals surface area contributed by atoms with E-state index in [0.29, 0.717) is 10.7 Å². The standard InChI is InChI=1S/C16H19BrS/c1-4-11(2)13-5-7-14(8-6-13)16(17)15-10-18-9-12(15)3/h5-11,16H,4H2,1-3H3. The summed E-state index contributed by atoms with van der Waals surface area (Å²) in [5.74, 6) is 0.649. The van der Waals surface area contributed by atoms with Crippen LogP contribution in [0.2, 0.25) is 0 Å². The van der Waals surface area contributed by atoms with E-state index in [4.69, 9.17) is 0 Å². The van der Waals surface area contributed by atoms with Crippen LogP contribution >= 0.6 is 27.3 Å². The number of hydrogen-bond acceptors (Lipinski definition) is 1. The average molecular weight is 323 g/mol. The van der Waals surface area contributed by atoms with E-state index in [1.54, 1.807) is 11.3 Å². The van der Waals surface area contributed by atoms with Crippen LogP contribution in [0.25, 0.3) is 0 Å². The first-order valence-electron chi connectivity index (χ1n) is 6.40. The van der Waals surface area contributed by atoms with Gasteiger partial charge in [0, 0.05) is 0 Å². The van der Waals surface area contributed by atoms with Gasteiger partial charge in [0.05, 0.1) is 4.83 Å². The Kier molecular flexibility index (Phi) is 4.63. The Hall–Kier alpha value is -0.600. The predicted octanol–water partition coefficient (Wildman–Crippen LogP) is 6.05. The highest BCUT2D eigenvalue weighted by Gasteiger charge is 2.13. The molecule has 0 fully saturated rings. The van der Waals surface area contributed by atoms with Crippen molar-refractivity contribution >= 4 is 27.3 Å². The summed E-state index contributed by atoms with van der Waals surface area (Å²) in [7, 11) is 0. The fourth-order valence-electron chi connectivity index (χ4n) is 2.04.